The fraction of sp³-hybridized carbons (Fsp3) is 0.667. The van der Waals surface area contributed by atoms with Crippen LogP contribution in [0, 0.1) is 5.92 Å². The van der Waals surface area contributed by atoms with Crippen LogP contribution in [0.2, 0.25) is 0 Å². The average Bonchev–Trinajstić information content (AvgIpc) is 1.84. The van der Waals surface area contributed by atoms with Gasteiger partial charge in [0, 0.05) is 4.43 Å². The Morgan fingerprint density at radius 2 is 2.25 bits per heavy atom. The van der Waals surface area contributed by atoms with Crippen LogP contribution in [0.5, 0.6) is 0 Å². The second-order valence-electron chi connectivity index (χ2n) is 1.91. The van der Waals surface area contributed by atoms with E-state index in [4.69, 9.17) is 0 Å². The van der Waals surface area contributed by atoms with Gasteiger partial charge in [0.1, 0.15) is 0 Å². The summed E-state index contributed by atoms with van der Waals surface area (Å²) in [6, 6.07) is 0. The van der Waals surface area contributed by atoms with Crippen molar-refractivity contribution in [1.82, 2.24) is 0 Å². The molecule has 0 spiro atoms. The Kier molecular flexibility index (Phi) is 5.78. The van der Waals surface area contributed by atoms with Gasteiger partial charge in [-0.2, -0.15) is 0 Å². The zero-order chi connectivity index (χ0) is 6.57. The van der Waals surface area contributed by atoms with E-state index in [0.717, 1.165) is 5.92 Å². The van der Waals surface area contributed by atoms with E-state index in [9.17, 15) is 0 Å². The van der Waals surface area contributed by atoms with Crippen molar-refractivity contribution in [2.24, 2.45) is 5.92 Å². The summed E-state index contributed by atoms with van der Waals surface area (Å²) >= 11 is 4.69. The molecule has 0 aliphatic heterocycles. The average molecular weight is 336 g/mol. The van der Waals surface area contributed by atoms with Gasteiger partial charge in [-0.1, -0.05) is 57.7 Å². The number of hydrogen-bond acceptors (Lipinski definition) is 0. The van der Waals surface area contributed by atoms with Gasteiger partial charge in [0.15, 0.2) is 0 Å². The second kappa shape index (κ2) is 5.02. The van der Waals surface area contributed by atoms with Gasteiger partial charge in [0.25, 0.3) is 0 Å². The lowest BCUT2D eigenvalue weighted by atomic mass is 10.1. The molecular weight excluding hydrogens is 326 g/mol. The topological polar surface area (TPSA) is 0 Å². The Bertz CT molecular complexity index is 86.5. The molecule has 0 fully saturated rings. The van der Waals surface area contributed by atoms with Crippen LogP contribution in [0.3, 0.4) is 0 Å². The molecule has 0 nitrogen and oxygen atoms in total. The molecule has 2 heteroatoms. The normalized spacial score (nSPS) is 16.2. The van der Waals surface area contributed by atoms with Gasteiger partial charge in [0.2, 0.25) is 0 Å². The lowest BCUT2D eigenvalue weighted by Crippen LogP contribution is -1.95. The third-order valence-electron chi connectivity index (χ3n) is 1.18. The first-order valence-electron chi connectivity index (χ1n) is 2.55. The van der Waals surface area contributed by atoms with E-state index < -0.39 is 0 Å². The predicted molar refractivity (Wildman–Crippen MR) is 55.8 cm³/mol. The largest absolute Gasteiger partial charge is 0.0857 e. The summed E-state index contributed by atoms with van der Waals surface area (Å²) in [4.78, 5) is 0. The minimum Gasteiger partial charge on any atom is -0.0857 e. The highest BCUT2D eigenvalue weighted by atomic mass is 127. The summed E-state index contributed by atoms with van der Waals surface area (Å²) < 4.78 is 3.38. The SMILES string of the molecule is C/C(=C/I)C(C)CI. The summed E-state index contributed by atoms with van der Waals surface area (Å²) in [6.07, 6.45) is 0. The molecule has 0 aromatic heterocycles. The van der Waals surface area contributed by atoms with Gasteiger partial charge >= 0.3 is 0 Å². The fourth-order valence-corrected chi connectivity index (χ4v) is 1.54. The molecule has 0 aliphatic rings. The van der Waals surface area contributed by atoms with Crippen LogP contribution in [0.4, 0.5) is 0 Å². The highest BCUT2D eigenvalue weighted by molar-refractivity contribution is 14.1. The summed E-state index contributed by atoms with van der Waals surface area (Å²) in [5, 5.41) is 0. The second-order valence-corrected chi connectivity index (χ2v) is 3.41. The standard InChI is InChI=1S/C6H10I2/c1-5(3-7)6(2)4-8/h3,6H,4H2,1-2H3/b5-3-. The molecule has 1 atom stereocenters. The molecule has 1 unspecified atom stereocenters. The Balaban J connectivity index is 3.63. The number of allylic oxidation sites excluding steroid dienone is 1. The van der Waals surface area contributed by atoms with E-state index in [1.807, 2.05) is 0 Å². The van der Waals surface area contributed by atoms with Crippen LogP contribution in [0.1, 0.15) is 13.8 Å². The van der Waals surface area contributed by atoms with E-state index in [1.165, 1.54) is 10.0 Å². The maximum Gasteiger partial charge on any atom is 0.00585 e. The Hall–Kier alpha value is 1.20. The molecule has 0 rings (SSSR count). The smallest absolute Gasteiger partial charge is 0.00585 e. The number of rotatable bonds is 2. The third-order valence-corrected chi connectivity index (χ3v) is 3.48. The molecule has 8 heavy (non-hydrogen) atoms. The van der Waals surface area contributed by atoms with Gasteiger partial charge in [-0.3, -0.25) is 0 Å². The molecule has 0 aromatic rings. The predicted octanol–water partition coefficient (Wildman–Crippen LogP) is 3.40. The van der Waals surface area contributed by atoms with Crippen LogP contribution in [0.25, 0.3) is 0 Å². The zero-order valence-electron chi connectivity index (χ0n) is 5.12. The summed E-state index contributed by atoms with van der Waals surface area (Å²) in [6.45, 7) is 4.42. The molecule has 48 valence electrons. The van der Waals surface area contributed by atoms with E-state index in [-0.39, 0.29) is 0 Å². The number of hydrogen-bond donors (Lipinski definition) is 0. The van der Waals surface area contributed by atoms with Gasteiger partial charge in [0.05, 0.1) is 0 Å². The Morgan fingerprint density at radius 3 is 2.38 bits per heavy atom. The minimum absolute atomic E-state index is 0.757. The van der Waals surface area contributed by atoms with Crippen molar-refractivity contribution in [2.45, 2.75) is 13.8 Å². The lowest BCUT2D eigenvalue weighted by Gasteiger charge is -2.04. The molecule has 0 heterocycles. The molecule has 0 saturated heterocycles. The first-order chi connectivity index (χ1) is 3.72. The van der Waals surface area contributed by atoms with Crippen molar-refractivity contribution in [3.63, 3.8) is 0 Å². The molecular formula is C6H10I2. The van der Waals surface area contributed by atoms with Crippen LogP contribution < -0.4 is 0 Å². The van der Waals surface area contributed by atoms with Crippen LogP contribution >= 0.6 is 45.2 Å². The van der Waals surface area contributed by atoms with E-state index >= 15 is 0 Å². The molecule has 0 aliphatic carbocycles. The fourth-order valence-electron chi connectivity index (χ4n) is 0.229. The monoisotopic (exact) mass is 336 g/mol. The third kappa shape index (κ3) is 3.27. The van der Waals surface area contributed by atoms with Crippen molar-refractivity contribution < 1.29 is 0 Å². The lowest BCUT2D eigenvalue weighted by molar-refractivity contribution is 0.799. The molecule has 0 radical (unpaired) electrons. The number of alkyl halides is 1. The summed E-state index contributed by atoms with van der Waals surface area (Å²) in [5.41, 5.74) is 1.49. The maximum absolute atomic E-state index is 2.41. The molecule has 0 N–H and O–H groups in total. The highest BCUT2D eigenvalue weighted by Gasteiger charge is 1.98. The Morgan fingerprint density at radius 1 is 1.75 bits per heavy atom. The zero-order valence-corrected chi connectivity index (χ0v) is 9.43. The van der Waals surface area contributed by atoms with Crippen molar-refractivity contribution in [3.05, 3.63) is 9.66 Å². The van der Waals surface area contributed by atoms with Crippen LogP contribution in [-0.2, 0) is 0 Å². The van der Waals surface area contributed by atoms with Crippen molar-refractivity contribution in [3.8, 4) is 0 Å². The highest BCUT2D eigenvalue weighted by Crippen LogP contribution is 2.13. The first kappa shape index (κ1) is 9.20. The van der Waals surface area contributed by atoms with Gasteiger partial charge in [-0.15, -0.1) is 0 Å². The first-order valence-corrected chi connectivity index (χ1v) is 5.32. The van der Waals surface area contributed by atoms with Crippen molar-refractivity contribution in [2.75, 3.05) is 4.43 Å². The minimum atomic E-state index is 0.757. The summed E-state index contributed by atoms with van der Waals surface area (Å²) in [5.74, 6) is 0.757. The van der Waals surface area contributed by atoms with Crippen LogP contribution in [-0.4, -0.2) is 4.43 Å². The van der Waals surface area contributed by atoms with Gasteiger partial charge in [-0.05, 0) is 16.9 Å². The number of halogens is 2. The quantitative estimate of drug-likeness (QED) is 0.536. The summed E-state index contributed by atoms with van der Waals surface area (Å²) in [7, 11) is 0. The van der Waals surface area contributed by atoms with Crippen LogP contribution in [0.15, 0.2) is 9.66 Å². The van der Waals surface area contributed by atoms with Gasteiger partial charge < -0.3 is 0 Å². The molecule has 0 saturated carbocycles. The van der Waals surface area contributed by atoms with E-state index in [0.29, 0.717) is 0 Å². The molecule has 0 amide bonds. The van der Waals surface area contributed by atoms with Gasteiger partial charge in [-0.25, -0.2) is 0 Å². The van der Waals surface area contributed by atoms with E-state index in [2.05, 4.69) is 63.1 Å². The molecule has 0 aromatic carbocycles. The van der Waals surface area contributed by atoms with E-state index in [1.54, 1.807) is 0 Å². The van der Waals surface area contributed by atoms with Crippen molar-refractivity contribution >= 4 is 45.2 Å². The maximum atomic E-state index is 2.41. The molecule has 0 bridgehead atoms. The van der Waals surface area contributed by atoms with Crippen molar-refractivity contribution in [1.29, 1.82) is 0 Å². The Labute approximate surface area is 78.4 Å².